The third kappa shape index (κ3) is 5.38. The van der Waals surface area contributed by atoms with Crippen molar-refractivity contribution in [3.05, 3.63) is 72.8 Å². The second kappa shape index (κ2) is 10.3. The zero-order valence-electron chi connectivity index (χ0n) is 18.6. The van der Waals surface area contributed by atoms with E-state index in [9.17, 15) is 4.79 Å². The van der Waals surface area contributed by atoms with Gasteiger partial charge in [-0.05, 0) is 29.3 Å². The molecule has 1 heterocycles. The predicted octanol–water partition coefficient (Wildman–Crippen LogP) is 5.66. The number of fused-ring (bicyclic) bond motifs is 1. The van der Waals surface area contributed by atoms with Gasteiger partial charge in [0.1, 0.15) is 17.2 Å². The van der Waals surface area contributed by atoms with Crippen LogP contribution in [0.25, 0.3) is 22.0 Å². The summed E-state index contributed by atoms with van der Waals surface area (Å²) in [7, 11) is 4.78. The lowest BCUT2D eigenvalue weighted by Crippen LogP contribution is -2.14. The number of thioether (sulfide) groups is 1. The Labute approximate surface area is 196 Å². The van der Waals surface area contributed by atoms with Gasteiger partial charge in [-0.1, -0.05) is 42.1 Å². The van der Waals surface area contributed by atoms with Gasteiger partial charge in [-0.25, -0.2) is 4.98 Å². The van der Waals surface area contributed by atoms with Crippen LogP contribution in [0, 0.1) is 0 Å². The molecule has 0 unspecified atom stereocenters. The van der Waals surface area contributed by atoms with Crippen molar-refractivity contribution in [1.82, 2.24) is 4.98 Å². The average Bonchev–Trinajstić information content (AvgIpc) is 2.86. The van der Waals surface area contributed by atoms with Gasteiger partial charge in [0, 0.05) is 35.3 Å². The quantitative estimate of drug-likeness (QED) is 0.342. The zero-order valence-corrected chi connectivity index (χ0v) is 19.4. The SMILES string of the molecule is COc1cc(NC(=O)CSc2cc(-c3ccccc3)c3ccc(OC)cc3n2)cc(OC)c1. The molecule has 4 aromatic rings. The van der Waals surface area contributed by atoms with E-state index in [1.165, 1.54) is 11.8 Å². The van der Waals surface area contributed by atoms with Crippen molar-refractivity contribution in [3.8, 4) is 28.4 Å². The summed E-state index contributed by atoms with van der Waals surface area (Å²) in [4.78, 5) is 17.4. The van der Waals surface area contributed by atoms with Gasteiger partial charge in [-0.15, -0.1) is 0 Å². The second-order valence-electron chi connectivity index (χ2n) is 7.20. The number of benzene rings is 3. The van der Waals surface area contributed by atoms with E-state index in [1.807, 2.05) is 42.5 Å². The highest BCUT2D eigenvalue weighted by molar-refractivity contribution is 7.99. The number of ether oxygens (including phenoxy) is 3. The molecule has 1 N–H and O–H groups in total. The van der Waals surface area contributed by atoms with Crippen LogP contribution in [0.5, 0.6) is 17.2 Å². The van der Waals surface area contributed by atoms with Crippen LogP contribution in [0.1, 0.15) is 0 Å². The number of carbonyl (C=O) groups excluding carboxylic acids is 1. The number of anilines is 1. The fourth-order valence-electron chi connectivity index (χ4n) is 3.46. The number of hydrogen-bond acceptors (Lipinski definition) is 6. The van der Waals surface area contributed by atoms with Crippen molar-refractivity contribution >= 4 is 34.3 Å². The first-order valence-electron chi connectivity index (χ1n) is 10.3. The van der Waals surface area contributed by atoms with Crippen molar-refractivity contribution in [3.63, 3.8) is 0 Å². The molecule has 33 heavy (non-hydrogen) atoms. The standard InChI is InChI=1S/C26H24N2O4S/c1-30-19-9-10-22-23(17-7-5-4-6-8-17)15-26(28-24(22)14-19)33-16-25(29)27-18-11-20(31-2)13-21(12-18)32-3/h4-15H,16H2,1-3H3,(H,27,29). The maximum Gasteiger partial charge on any atom is 0.234 e. The minimum atomic E-state index is -0.149. The lowest BCUT2D eigenvalue weighted by molar-refractivity contribution is -0.113. The molecule has 1 aromatic heterocycles. The first-order chi connectivity index (χ1) is 16.1. The van der Waals surface area contributed by atoms with Crippen molar-refractivity contribution in [2.45, 2.75) is 5.03 Å². The number of nitrogens with zero attached hydrogens (tertiary/aromatic N) is 1. The van der Waals surface area contributed by atoms with Crippen LogP contribution in [0.4, 0.5) is 5.69 Å². The van der Waals surface area contributed by atoms with E-state index in [1.54, 1.807) is 39.5 Å². The molecule has 0 aliphatic rings. The highest BCUT2D eigenvalue weighted by Gasteiger charge is 2.12. The fraction of sp³-hybridized carbons (Fsp3) is 0.154. The molecule has 0 bridgehead atoms. The summed E-state index contributed by atoms with van der Waals surface area (Å²) in [5.41, 5.74) is 3.57. The van der Waals surface area contributed by atoms with Gasteiger partial charge in [0.2, 0.25) is 5.91 Å². The largest absolute Gasteiger partial charge is 0.497 e. The highest BCUT2D eigenvalue weighted by atomic mass is 32.2. The van der Waals surface area contributed by atoms with E-state index in [0.29, 0.717) is 17.2 Å². The third-order valence-electron chi connectivity index (χ3n) is 5.06. The van der Waals surface area contributed by atoms with Gasteiger partial charge < -0.3 is 19.5 Å². The molecule has 0 aliphatic heterocycles. The van der Waals surface area contributed by atoms with Gasteiger partial charge in [0.05, 0.1) is 37.6 Å². The molecule has 0 saturated carbocycles. The van der Waals surface area contributed by atoms with Gasteiger partial charge in [-0.3, -0.25) is 4.79 Å². The Morgan fingerprint density at radius 1 is 0.848 bits per heavy atom. The van der Waals surface area contributed by atoms with E-state index >= 15 is 0 Å². The Hall–Kier alpha value is -3.71. The Morgan fingerprint density at radius 2 is 1.55 bits per heavy atom. The molecular weight excluding hydrogens is 436 g/mol. The molecule has 0 aliphatic carbocycles. The van der Waals surface area contributed by atoms with Gasteiger partial charge in [0.15, 0.2) is 0 Å². The topological polar surface area (TPSA) is 69.7 Å². The van der Waals surface area contributed by atoms with Crippen molar-refractivity contribution in [2.24, 2.45) is 0 Å². The molecule has 0 saturated heterocycles. The van der Waals surface area contributed by atoms with E-state index < -0.39 is 0 Å². The molecule has 0 fully saturated rings. The number of hydrogen-bond donors (Lipinski definition) is 1. The summed E-state index contributed by atoms with van der Waals surface area (Å²) in [5, 5.41) is 4.68. The number of carbonyl (C=O) groups is 1. The van der Waals surface area contributed by atoms with Crippen LogP contribution in [0.3, 0.4) is 0 Å². The third-order valence-corrected chi connectivity index (χ3v) is 5.98. The molecule has 4 rings (SSSR count). The van der Waals surface area contributed by atoms with Crippen LogP contribution >= 0.6 is 11.8 Å². The lowest BCUT2D eigenvalue weighted by atomic mass is 10.0. The van der Waals surface area contributed by atoms with E-state index in [-0.39, 0.29) is 11.7 Å². The van der Waals surface area contributed by atoms with Crippen LogP contribution in [0.15, 0.2) is 77.8 Å². The smallest absolute Gasteiger partial charge is 0.234 e. The summed E-state index contributed by atoms with van der Waals surface area (Å²) in [6, 6.07) is 23.3. The average molecular weight is 461 g/mol. The van der Waals surface area contributed by atoms with Crippen LogP contribution in [-0.2, 0) is 4.79 Å². The number of amides is 1. The summed E-state index contributed by atoms with van der Waals surface area (Å²) >= 11 is 1.38. The van der Waals surface area contributed by atoms with Crippen LogP contribution in [0.2, 0.25) is 0 Å². The Morgan fingerprint density at radius 3 is 2.21 bits per heavy atom. The molecule has 3 aromatic carbocycles. The number of nitrogens with one attached hydrogen (secondary N) is 1. The molecular formula is C26H24N2O4S. The summed E-state index contributed by atoms with van der Waals surface area (Å²) < 4.78 is 15.9. The summed E-state index contributed by atoms with van der Waals surface area (Å²) in [6.45, 7) is 0. The molecule has 0 radical (unpaired) electrons. The minimum Gasteiger partial charge on any atom is -0.497 e. The highest BCUT2D eigenvalue weighted by Crippen LogP contribution is 2.33. The van der Waals surface area contributed by atoms with Crippen LogP contribution in [-0.4, -0.2) is 38.0 Å². The first-order valence-corrected chi connectivity index (χ1v) is 11.3. The van der Waals surface area contributed by atoms with E-state index in [2.05, 4.69) is 17.4 Å². The number of pyridine rings is 1. The zero-order chi connectivity index (χ0) is 23.2. The van der Waals surface area contributed by atoms with Crippen molar-refractivity contribution in [1.29, 1.82) is 0 Å². The fourth-order valence-corrected chi connectivity index (χ4v) is 4.17. The molecule has 168 valence electrons. The predicted molar refractivity (Wildman–Crippen MR) is 133 cm³/mol. The number of rotatable bonds is 8. The van der Waals surface area contributed by atoms with E-state index in [4.69, 9.17) is 19.2 Å². The van der Waals surface area contributed by atoms with Crippen molar-refractivity contribution in [2.75, 3.05) is 32.4 Å². The molecule has 6 nitrogen and oxygen atoms in total. The minimum absolute atomic E-state index is 0.149. The van der Waals surface area contributed by atoms with Gasteiger partial charge >= 0.3 is 0 Å². The Bertz CT molecular complexity index is 1260. The molecule has 0 atom stereocenters. The number of methoxy groups -OCH3 is 3. The molecule has 0 spiro atoms. The van der Waals surface area contributed by atoms with E-state index in [0.717, 1.165) is 32.8 Å². The summed E-state index contributed by atoms with van der Waals surface area (Å²) in [6.07, 6.45) is 0. The first kappa shape index (κ1) is 22.5. The Balaban J connectivity index is 1.58. The summed E-state index contributed by atoms with van der Waals surface area (Å²) in [5.74, 6) is 2.01. The van der Waals surface area contributed by atoms with Gasteiger partial charge in [0.25, 0.3) is 0 Å². The number of aromatic nitrogens is 1. The maximum atomic E-state index is 12.6. The normalized spacial score (nSPS) is 10.6. The lowest BCUT2D eigenvalue weighted by Gasteiger charge is -2.12. The molecule has 7 heteroatoms. The van der Waals surface area contributed by atoms with Gasteiger partial charge in [-0.2, -0.15) is 0 Å². The monoisotopic (exact) mass is 460 g/mol. The molecule has 1 amide bonds. The van der Waals surface area contributed by atoms with Crippen molar-refractivity contribution < 1.29 is 19.0 Å². The Kier molecular flexibility index (Phi) is 7.00. The second-order valence-corrected chi connectivity index (χ2v) is 8.19. The van der Waals surface area contributed by atoms with Crippen LogP contribution < -0.4 is 19.5 Å². The maximum absolute atomic E-state index is 12.6.